The average Bonchev–Trinajstić information content (AvgIpc) is 2.75. The summed E-state index contributed by atoms with van der Waals surface area (Å²) in [7, 11) is 1.72. The van der Waals surface area contributed by atoms with Gasteiger partial charge in [0.25, 0.3) is 0 Å². The third-order valence-corrected chi connectivity index (χ3v) is 4.88. The minimum Gasteiger partial charge on any atom is -0.486 e. The van der Waals surface area contributed by atoms with Crippen LogP contribution in [0.1, 0.15) is 25.0 Å². The molecular weight excluding hydrogens is 415 g/mol. The number of carbonyl (C=O) groups is 2. The summed E-state index contributed by atoms with van der Waals surface area (Å²) in [5.74, 6) is 0.104. The van der Waals surface area contributed by atoms with Gasteiger partial charge in [-0.15, -0.1) is 0 Å². The van der Waals surface area contributed by atoms with E-state index in [4.69, 9.17) is 14.6 Å². The molecule has 2 aromatic carbocycles. The largest absolute Gasteiger partial charge is 0.486 e. The summed E-state index contributed by atoms with van der Waals surface area (Å²) >= 11 is 0. The van der Waals surface area contributed by atoms with Crippen LogP contribution in [0.15, 0.2) is 65.4 Å². The maximum atomic E-state index is 13.4. The Kier molecular flexibility index (Phi) is 7.72. The standard InChI is InChI=1S/C24H25FN2O5/c1-16-22(28)13-21(14-26-16)31-19-7-9-20(10-8-19)32-23(11-12-27(2)15-24(29)30)17-3-5-18(25)6-4-17/h3-10,13-14,16,23H,11-12,15H2,1-2H3,(H,29,30). The van der Waals surface area contributed by atoms with Crippen molar-refractivity contribution in [2.45, 2.75) is 25.5 Å². The van der Waals surface area contributed by atoms with E-state index >= 15 is 0 Å². The Hall–Kier alpha value is -3.52. The van der Waals surface area contributed by atoms with Gasteiger partial charge in [0.2, 0.25) is 0 Å². The third kappa shape index (κ3) is 6.75. The number of ketones is 1. The molecule has 1 N–H and O–H groups in total. The molecule has 1 heterocycles. The Balaban J connectivity index is 1.67. The average molecular weight is 440 g/mol. The van der Waals surface area contributed by atoms with Gasteiger partial charge in [-0.2, -0.15) is 0 Å². The van der Waals surface area contributed by atoms with Crippen molar-refractivity contribution in [1.29, 1.82) is 0 Å². The summed E-state index contributed by atoms with van der Waals surface area (Å²) < 4.78 is 25.2. The van der Waals surface area contributed by atoms with Crippen molar-refractivity contribution in [3.63, 3.8) is 0 Å². The van der Waals surface area contributed by atoms with Gasteiger partial charge in [-0.05, 0) is 55.9 Å². The van der Waals surface area contributed by atoms with Crippen LogP contribution in [0.5, 0.6) is 11.5 Å². The third-order valence-electron chi connectivity index (χ3n) is 4.88. The van der Waals surface area contributed by atoms with Crippen LogP contribution in [-0.4, -0.2) is 54.2 Å². The normalized spacial score (nSPS) is 16.6. The van der Waals surface area contributed by atoms with Crippen molar-refractivity contribution in [3.8, 4) is 11.5 Å². The highest BCUT2D eigenvalue weighted by Gasteiger charge is 2.17. The predicted molar refractivity (Wildman–Crippen MR) is 118 cm³/mol. The second-order valence-electron chi connectivity index (χ2n) is 7.55. The molecule has 0 amide bonds. The highest BCUT2D eigenvalue weighted by atomic mass is 19.1. The van der Waals surface area contributed by atoms with Gasteiger partial charge in [0, 0.05) is 19.0 Å². The highest BCUT2D eigenvalue weighted by molar-refractivity contribution is 6.02. The molecule has 8 heteroatoms. The van der Waals surface area contributed by atoms with Gasteiger partial charge in [0.1, 0.15) is 35.2 Å². The lowest BCUT2D eigenvalue weighted by atomic mass is 10.1. The number of carboxylic acid groups (broad SMARTS) is 1. The van der Waals surface area contributed by atoms with Crippen molar-refractivity contribution in [3.05, 3.63) is 71.7 Å². The van der Waals surface area contributed by atoms with Gasteiger partial charge in [0.15, 0.2) is 5.78 Å². The minimum atomic E-state index is -0.906. The molecule has 3 rings (SSSR count). The number of halogens is 1. The SMILES string of the molecule is CC1N=CC(Oc2ccc(OC(CCN(C)CC(=O)O)c3ccc(F)cc3)cc2)=CC1=O. The fraction of sp³-hybridized carbons (Fsp3) is 0.292. The lowest BCUT2D eigenvalue weighted by Gasteiger charge is -2.23. The first-order valence-corrected chi connectivity index (χ1v) is 10.2. The molecule has 1 aliphatic heterocycles. The van der Waals surface area contributed by atoms with Crippen molar-refractivity contribution in [1.82, 2.24) is 4.90 Å². The molecule has 2 unspecified atom stereocenters. The molecule has 0 aliphatic carbocycles. The quantitative estimate of drug-likeness (QED) is 0.607. The first kappa shape index (κ1) is 23.1. The van der Waals surface area contributed by atoms with E-state index in [1.807, 2.05) is 0 Å². The van der Waals surface area contributed by atoms with Gasteiger partial charge in [0.05, 0.1) is 12.8 Å². The molecule has 168 valence electrons. The number of hydrogen-bond donors (Lipinski definition) is 1. The van der Waals surface area contributed by atoms with E-state index in [1.165, 1.54) is 24.4 Å². The van der Waals surface area contributed by atoms with Crippen molar-refractivity contribution in [2.75, 3.05) is 20.1 Å². The number of likely N-dealkylation sites (N-methyl/N-ethyl adjacent to an activating group) is 1. The highest BCUT2D eigenvalue weighted by Crippen LogP contribution is 2.27. The molecule has 0 saturated heterocycles. The predicted octanol–water partition coefficient (Wildman–Crippen LogP) is 3.66. The van der Waals surface area contributed by atoms with Gasteiger partial charge in [-0.1, -0.05) is 12.1 Å². The van der Waals surface area contributed by atoms with Gasteiger partial charge < -0.3 is 14.6 Å². The lowest BCUT2D eigenvalue weighted by Crippen LogP contribution is -2.28. The number of benzene rings is 2. The van der Waals surface area contributed by atoms with E-state index in [1.54, 1.807) is 55.3 Å². The van der Waals surface area contributed by atoms with Crippen LogP contribution in [0.4, 0.5) is 4.39 Å². The Labute approximate surface area is 185 Å². The maximum Gasteiger partial charge on any atom is 0.317 e. The zero-order valence-corrected chi connectivity index (χ0v) is 17.9. The lowest BCUT2D eigenvalue weighted by molar-refractivity contribution is -0.138. The Morgan fingerprint density at radius 3 is 2.44 bits per heavy atom. The molecule has 0 spiro atoms. The first-order chi connectivity index (χ1) is 15.3. The monoisotopic (exact) mass is 440 g/mol. The molecule has 0 radical (unpaired) electrons. The number of nitrogens with zero attached hydrogens (tertiary/aromatic N) is 2. The fourth-order valence-corrected chi connectivity index (χ4v) is 3.12. The van der Waals surface area contributed by atoms with Crippen LogP contribution >= 0.6 is 0 Å². The van der Waals surface area contributed by atoms with Gasteiger partial charge in [-0.25, -0.2) is 4.39 Å². The van der Waals surface area contributed by atoms with Crippen LogP contribution in [0.3, 0.4) is 0 Å². The second kappa shape index (κ2) is 10.7. The molecule has 0 saturated carbocycles. The topological polar surface area (TPSA) is 88.4 Å². The van der Waals surface area contributed by atoms with Crippen LogP contribution < -0.4 is 9.47 Å². The zero-order valence-electron chi connectivity index (χ0n) is 17.9. The van der Waals surface area contributed by atoms with Crippen molar-refractivity contribution in [2.24, 2.45) is 4.99 Å². The summed E-state index contributed by atoms with van der Waals surface area (Å²) in [6.07, 6.45) is 3.05. The van der Waals surface area contributed by atoms with E-state index in [-0.39, 0.29) is 18.1 Å². The molecule has 7 nitrogen and oxygen atoms in total. The van der Waals surface area contributed by atoms with E-state index in [2.05, 4.69) is 4.99 Å². The number of dihydropyridines is 1. The molecule has 0 bridgehead atoms. The van der Waals surface area contributed by atoms with Crippen molar-refractivity contribution < 1.29 is 28.6 Å². The zero-order chi connectivity index (χ0) is 23.1. The van der Waals surface area contributed by atoms with Crippen LogP contribution in [0.2, 0.25) is 0 Å². The summed E-state index contributed by atoms with van der Waals surface area (Å²) in [5.41, 5.74) is 0.784. The van der Waals surface area contributed by atoms with Gasteiger partial charge >= 0.3 is 5.97 Å². The number of rotatable bonds is 10. The molecule has 0 fully saturated rings. The summed E-state index contributed by atoms with van der Waals surface area (Å²) in [6, 6.07) is 12.5. The number of allylic oxidation sites excluding steroid dienone is 1. The Morgan fingerprint density at radius 1 is 1.16 bits per heavy atom. The Morgan fingerprint density at radius 2 is 1.81 bits per heavy atom. The Bertz CT molecular complexity index is 1000. The molecule has 32 heavy (non-hydrogen) atoms. The smallest absolute Gasteiger partial charge is 0.317 e. The summed E-state index contributed by atoms with van der Waals surface area (Å²) in [4.78, 5) is 28.4. The van der Waals surface area contributed by atoms with Crippen LogP contribution in [-0.2, 0) is 9.59 Å². The number of carbonyl (C=O) groups excluding carboxylic acids is 1. The minimum absolute atomic E-state index is 0.0807. The summed E-state index contributed by atoms with van der Waals surface area (Å²) in [6.45, 7) is 2.12. The number of aliphatic imine (C=N–C) groups is 1. The summed E-state index contributed by atoms with van der Waals surface area (Å²) in [5, 5.41) is 8.95. The van der Waals surface area contributed by atoms with E-state index in [0.717, 1.165) is 5.56 Å². The number of aliphatic carboxylic acids is 1. The molecular formula is C24H25FN2O5. The molecule has 1 aliphatic rings. The maximum absolute atomic E-state index is 13.4. The van der Waals surface area contributed by atoms with E-state index in [9.17, 15) is 14.0 Å². The van der Waals surface area contributed by atoms with Crippen LogP contribution in [0, 0.1) is 5.82 Å². The van der Waals surface area contributed by atoms with Crippen LogP contribution in [0.25, 0.3) is 0 Å². The molecule has 2 atom stereocenters. The first-order valence-electron chi connectivity index (χ1n) is 10.2. The number of ether oxygens (including phenoxy) is 2. The van der Waals surface area contributed by atoms with E-state index < -0.39 is 18.1 Å². The second-order valence-corrected chi connectivity index (χ2v) is 7.55. The fourth-order valence-electron chi connectivity index (χ4n) is 3.12. The van der Waals surface area contributed by atoms with E-state index in [0.29, 0.717) is 30.2 Å². The molecule has 2 aromatic rings. The van der Waals surface area contributed by atoms with Gasteiger partial charge in [-0.3, -0.25) is 19.5 Å². The number of hydrogen-bond acceptors (Lipinski definition) is 6. The number of carboxylic acids is 1. The molecule has 0 aromatic heterocycles. The van der Waals surface area contributed by atoms with Crippen molar-refractivity contribution >= 4 is 18.0 Å².